The third kappa shape index (κ3) is 5.36. The topological polar surface area (TPSA) is 75.7 Å². The summed E-state index contributed by atoms with van der Waals surface area (Å²) in [4.78, 5) is 44.1. The lowest BCUT2D eigenvalue weighted by molar-refractivity contribution is -0.139. The number of Topliss-reactive ketones (excluding diaryl/α,β-unsaturated/α-hetero) is 1. The number of hydrogen-bond donors (Lipinski definition) is 1. The molecule has 6 nitrogen and oxygen atoms in total. The number of likely N-dealkylation sites (tertiary alicyclic amines) is 1. The summed E-state index contributed by atoms with van der Waals surface area (Å²) >= 11 is 1.49. The van der Waals surface area contributed by atoms with Gasteiger partial charge in [0.15, 0.2) is 5.78 Å². The number of thiophene rings is 1. The van der Waals surface area contributed by atoms with E-state index in [-0.39, 0.29) is 24.1 Å². The van der Waals surface area contributed by atoms with Gasteiger partial charge in [0.05, 0.1) is 19.1 Å². The summed E-state index contributed by atoms with van der Waals surface area (Å²) in [6, 6.07) is 28.6. The van der Waals surface area contributed by atoms with Crippen LogP contribution in [-0.4, -0.2) is 35.6 Å². The van der Waals surface area contributed by atoms with Gasteiger partial charge in [-0.3, -0.25) is 14.4 Å². The lowest BCUT2D eigenvalue weighted by Crippen LogP contribution is -2.47. The van der Waals surface area contributed by atoms with Crippen molar-refractivity contribution in [3.63, 3.8) is 0 Å². The van der Waals surface area contributed by atoms with Crippen molar-refractivity contribution in [2.45, 2.75) is 31.5 Å². The molecule has 5 rings (SSSR count). The first kappa shape index (κ1) is 26.4. The van der Waals surface area contributed by atoms with Crippen LogP contribution in [0.15, 0.2) is 102 Å². The number of carbonyl (C=O) groups excluding carboxylic acids is 3. The predicted molar refractivity (Wildman–Crippen MR) is 152 cm³/mol. The highest BCUT2D eigenvalue weighted by molar-refractivity contribution is 7.10. The molecule has 4 atom stereocenters. The van der Waals surface area contributed by atoms with Crippen molar-refractivity contribution in [3.8, 4) is 5.75 Å². The highest BCUT2D eigenvalue weighted by Crippen LogP contribution is 2.52. The second-order valence-electron chi connectivity index (χ2n) is 9.59. The Bertz CT molecular complexity index is 1420. The maximum Gasteiger partial charge on any atom is 0.243 e. The molecule has 0 bridgehead atoms. The zero-order valence-electron chi connectivity index (χ0n) is 21.8. The fourth-order valence-electron chi connectivity index (χ4n) is 5.57. The maximum atomic E-state index is 14.2. The van der Waals surface area contributed by atoms with Crippen molar-refractivity contribution in [1.82, 2.24) is 10.2 Å². The summed E-state index contributed by atoms with van der Waals surface area (Å²) in [7, 11) is 1.61. The monoisotopic (exact) mass is 538 g/mol. The predicted octanol–water partition coefficient (Wildman–Crippen LogP) is 5.63. The molecule has 7 heteroatoms. The van der Waals surface area contributed by atoms with Gasteiger partial charge in [-0.15, -0.1) is 11.3 Å². The first-order valence-corrected chi connectivity index (χ1v) is 13.7. The summed E-state index contributed by atoms with van der Waals surface area (Å²) in [6.45, 7) is 1.76. The van der Waals surface area contributed by atoms with E-state index in [1.54, 1.807) is 24.1 Å². The molecule has 1 fully saturated rings. The summed E-state index contributed by atoms with van der Waals surface area (Å²) in [6.07, 6.45) is 0. The van der Waals surface area contributed by atoms with E-state index in [1.807, 2.05) is 90.3 Å². The standard InChI is InChI=1S/C32H30N2O4S/c1-21(35)34-29(26-14-9-19-39-26)28(31(36)24-12-7-4-8-13-24)27(23-10-5-3-6-11-23)30(34)32(37)33-20-22-15-17-25(38-2)18-16-22/h3-19,27-30H,20H2,1-2H3,(H,33,37). The van der Waals surface area contributed by atoms with Crippen molar-refractivity contribution in [3.05, 3.63) is 124 Å². The van der Waals surface area contributed by atoms with Crippen LogP contribution in [0.2, 0.25) is 0 Å². The zero-order valence-corrected chi connectivity index (χ0v) is 22.6. The van der Waals surface area contributed by atoms with E-state index in [0.29, 0.717) is 5.56 Å². The number of rotatable bonds is 8. The molecule has 0 aliphatic carbocycles. The Hall–Kier alpha value is -4.23. The molecule has 2 amide bonds. The first-order chi connectivity index (χ1) is 19.0. The Balaban J connectivity index is 1.59. The highest BCUT2D eigenvalue weighted by atomic mass is 32.1. The maximum absolute atomic E-state index is 14.2. The van der Waals surface area contributed by atoms with Crippen molar-refractivity contribution in [1.29, 1.82) is 0 Å². The molecular weight excluding hydrogens is 508 g/mol. The molecule has 3 aromatic carbocycles. The molecule has 1 saturated heterocycles. The number of carbonyl (C=O) groups is 3. The second kappa shape index (κ2) is 11.7. The van der Waals surface area contributed by atoms with E-state index in [1.165, 1.54) is 18.3 Å². The van der Waals surface area contributed by atoms with E-state index in [4.69, 9.17) is 4.74 Å². The fraction of sp³-hybridized carbons (Fsp3) is 0.219. The molecule has 0 saturated carbocycles. The lowest BCUT2D eigenvalue weighted by atomic mass is 9.77. The van der Waals surface area contributed by atoms with E-state index in [0.717, 1.165) is 21.8 Å². The van der Waals surface area contributed by atoms with Crippen LogP contribution in [0.1, 0.15) is 45.2 Å². The van der Waals surface area contributed by atoms with Crippen molar-refractivity contribution >= 4 is 28.9 Å². The number of ketones is 1. The number of amides is 2. The fourth-order valence-corrected chi connectivity index (χ4v) is 6.44. The largest absolute Gasteiger partial charge is 0.497 e. The molecule has 4 aromatic rings. The Kier molecular flexibility index (Phi) is 7.89. The van der Waals surface area contributed by atoms with Crippen LogP contribution in [0, 0.1) is 5.92 Å². The summed E-state index contributed by atoms with van der Waals surface area (Å²) in [5, 5.41) is 4.98. The van der Waals surface area contributed by atoms with Gasteiger partial charge >= 0.3 is 0 Å². The molecule has 2 heterocycles. The third-order valence-electron chi connectivity index (χ3n) is 7.30. The minimum absolute atomic E-state index is 0.0837. The zero-order chi connectivity index (χ0) is 27.4. The van der Waals surface area contributed by atoms with Crippen molar-refractivity contribution in [2.75, 3.05) is 7.11 Å². The summed E-state index contributed by atoms with van der Waals surface area (Å²) < 4.78 is 5.23. The van der Waals surface area contributed by atoms with Crippen molar-refractivity contribution in [2.24, 2.45) is 5.92 Å². The minimum atomic E-state index is -0.868. The molecule has 1 N–H and O–H groups in total. The van der Waals surface area contributed by atoms with Crippen LogP contribution in [-0.2, 0) is 16.1 Å². The van der Waals surface area contributed by atoms with Gasteiger partial charge in [0, 0.05) is 29.8 Å². The summed E-state index contributed by atoms with van der Waals surface area (Å²) in [5.74, 6) is -1.07. The van der Waals surface area contributed by atoms with Crippen LogP contribution >= 0.6 is 11.3 Å². The Morgan fingerprint density at radius 3 is 2.13 bits per heavy atom. The number of ether oxygens (including phenoxy) is 1. The number of nitrogens with zero attached hydrogens (tertiary/aromatic N) is 1. The molecular formula is C32H30N2O4S. The minimum Gasteiger partial charge on any atom is -0.497 e. The molecule has 4 unspecified atom stereocenters. The van der Waals surface area contributed by atoms with Gasteiger partial charge in [0.1, 0.15) is 11.8 Å². The Labute approximate surface area is 232 Å². The van der Waals surface area contributed by atoms with Crippen LogP contribution in [0.3, 0.4) is 0 Å². The van der Waals surface area contributed by atoms with Gasteiger partial charge in [-0.1, -0.05) is 78.9 Å². The van der Waals surface area contributed by atoms with Crippen molar-refractivity contribution < 1.29 is 19.1 Å². The normalized spacial score (nSPS) is 20.4. The molecule has 198 valence electrons. The average molecular weight is 539 g/mol. The van der Waals surface area contributed by atoms with Crippen LogP contribution < -0.4 is 10.1 Å². The van der Waals surface area contributed by atoms with E-state index in [9.17, 15) is 14.4 Å². The lowest BCUT2D eigenvalue weighted by Gasteiger charge is -2.30. The number of methoxy groups -OCH3 is 1. The molecule has 0 spiro atoms. The van der Waals surface area contributed by atoms with Gasteiger partial charge in [-0.25, -0.2) is 0 Å². The van der Waals surface area contributed by atoms with Gasteiger partial charge in [-0.05, 0) is 34.7 Å². The van der Waals surface area contributed by atoms with Gasteiger partial charge in [0.2, 0.25) is 11.8 Å². The third-order valence-corrected chi connectivity index (χ3v) is 8.25. The Morgan fingerprint density at radius 1 is 0.872 bits per heavy atom. The van der Waals surface area contributed by atoms with Crippen LogP contribution in [0.25, 0.3) is 0 Å². The SMILES string of the molecule is COc1ccc(CNC(=O)C2C(c3ccccc3)C(C(=O)c3ccccc3)C(c3cccs3)N2C(C)=O)cc1. The van der Waals surface area contributed by atoms with Gasteiger partial charge in [0.25, 0.3) is 0 Å². The van der Waals surface area contributed by atoms with Crippen LogP contribution in [0.5, 0.6) is 5.75 Å². The molecule has 1 aliphatic rings. The molecule has 1 aromatic heterocycles. The first-order valence-electron chi connectivity index (χ1n) is 12.9. The average Bonchev–Trinajstić information content (AvgIpc) is 3.63. The molecule has 39 heavy (non-hydrogen) atoms. The number of benzene rings is 3. The second-order valence-corrected chi connectivity index (χ2v) is 10.6. The number of hydrogen-bond acceptors (Lipinski definition) is 5. The van der Waals surface area contributed by atoms with Crippen LogP contribution in [0.4, 0.5) is 0 Å². The van der Waals surface area contributed by atoms with Gasteiger partial charge < -0.3 is 15.0 Å². The summed E-state index contributed by atoms with van der Waals surface area (Å²) in [5.41, 5.74) is 2.31. The van der Waals surface area contributed by atoms with E-state index >= 15 is 0 Å². The molecule has 1 aliphatic heterocycles. The highest BCUT2D eigenvalue weighted by Gasteiger charge is 2.56. The quantitative estimate of drug-likeness (QED) is 0.295. The van der Waals surface area contributed by atoms with Gasteiger partial charge in [-0.2, -0.15) is 0 Å². The number of nitrogens with one attached hydrogen (secondary N) is 1. The van der Waals surface area contributed by atoms with E-state index < -0.39 is 23.9 Å². The smallest absolute Gasteiger partial charge is 0.243 e. The molecule has 0 radical (unpaired) electrons. The Morgan fingerprint density at radius 2 is 1.54 bits per heavy atom. The van der Waals surface area contributed by atoms with E-state index in [2.05, 4.69) is 5.32 Å².